The molecule has 1 aliphatic rings. The van der Waals surface area contributed by atoms with Crippen LogP contribution in [-0.2, 0) is 6.54 Å². The lowest BCUT2D eigenvalue weighted by molar-refractivity contribution is 0.137. The summed E-state index contributed by atoms with van der Waals surface area (Å²) >= 11 is 0. The summed E-state index contributed by atoms with van der Waals surface area (Å²) in [7, 11) is 3.51. The molecule has 0 spiro atoms. The molecular weight excluding hydrogens is 252 g/mol. The van der Waals surface area contributed by atoms with Crippen molar-refractivity contribution < 1.29 is 9.53 Å². The highest BCUT2D eigenvalue weighted by molar-refractivity contribution is 5.74. The summed E-state index contributed by atoms with van der Waals surface area (Å²) in [5.74, 6) is 1.44. The highest BCUT2D eigenvalue weighted by atomic mass is 16.5. The number of hydrogen-bond donors (Lipinski definition) is 0. The van der Waals surface area contributed by atoms with E-state index in [0.717, 1.165) is 30.8 Å². The zero-order valence-electron chi connectivity index (χ0n) is 12.6. The van der Waals surface area contributed by atoms with E-state index in [1.54, 1.807) is 12.0 Å². The Labute approximate surface area is 121 Å². The number of nitrogens with zero attached hydrogens (tertiary/aromatic N) is 2. The molecule has 1 heterocycles. The Hall–Kier alpha value is -1.71. The average molecular weight is 276 g/mol. The monoisotopic (exact) mass is 276 g/mol. The predicted molar refractivity (Wildman–Crippen MR) is 79.8 cm³/mol. The number of para-hydroxylation sites is 1. The number of benzene rings is 1. The van der Waals surface area contributed by atoms with Crippen LogP contribution in [0.3, 0.4) is 0 Å². The van der Waals surface area contributed by atoms with Gasteiger partial charge in [-0.25, -0.2) is 4.79 Å². The summed E-state index contributed by atoms with van der Waals surface area (Å²) in [6.07, 6.45) is 2.33. The summed E-state index contributed by atoms with van der Waals surface area (Å²) in [6.45, 7) is 4.53. The molecule has 0 aliphatic carbocycles. The molecule has 1 aliphatic heterocycles. The first-order chi connectivity index (χ1) is 9.61. The van der Waals surface area contributed by atoms with E-state index < -0.39 is 0 Å². The van der Waals surface area contributed by atoms with E-state index in [1.807, 2.05) is 36.2 Å². The smallest absolute Gasteiger partial charge is 0.320 e. The number of piperidine rings is 1. The van der Waals surface area contributed by atoms with Gasteiger partial charge < -0.3 is 14.5 Å². The summed E-state index contributed by atoms with van der Waals surface area (Å²) in [5, 5.41) is 0. The number of methoxy groups -OCH3 is 1. The van der Waals surface area contributed by atoms with Crippen molar-refractivity contribution in [1.82, 2.24) is 9.80 Å². The Bertz CT molecular complexity index is 462. The zero-order chi connectivity index (χ0) is 14.5. The van der Waals surface area contributed by atoms with Gasteiger partial charge >= 0.3 is 6.03 Å². The van der Waals surface area contributed by atoms with Crippen LogP contribution in [0.2, 0.25) is 0 Å². The lowest BCUT2D eigenvalue weighted by Gasteiger charge is -2.34. The zero-order valence-corrected chi connectivity index (χ0v) is 12.6. The van der Waals surface area contributed by atoms with Crippen LogP contribution >= 0.6 is 0 Å². The maximum Gasteiger partial charge on any atom is 0.320 e. The number of urea groups is 1. The van der Waals surface area contributed by atoms with Crippen molar-refractivity contribution in [3.8, 4) is 5.75 Å². The van der Waals surface area contributed by atoms with Crippen LogP contribution in [0.1, 0.15) is 25.3 Å². The van der Waals surface area contributed by atoms with Gasteiger partial charge in [-0.2, -0.15) is 0 Å². The summed E-state index contributed by atoms with van der Waals surface area (Å²) in [5.41, 5.74) is 1.04. The molecular formula is C16H24N2O2. The topological polar surface area (TPSA) is 32.8 Å². The maximum absolute atomic E-state index is 12.5. The molecule has 20 heavy (non-hydrogen) atoms. The van der Waals surface area contributed by atoms with Gasteiger partial charge in [-0.1, -0.05) is 25.1 Å². The van der Waals surface area contributed by atoms with E-state index in [4.69, 9.17) is 4.74 Å². The molecule has 0 radical (unpaired) electrons. The van der Waals surface area contributed by atoms with Crippen molar-refractivity contribution in [2.24, 2.45) is 5.92 Å². The standard InChI is InChI=1S/C16H24N2O2/c1-13-7-6-10-18(11-13)16(19)17(2)12-14-8-4-5-9-15(14)20-3/h4-5,8-9,13H,6-7,10-12H2,1-3H3. The molecule has 0 bridgehead atoms. The van der Waals surface area contributed by atoms with Crippen LogP contribution in [0.25, 0.3) is 0 Å². The summed E-state index contributed by atoms with van der Waals surface area (Å²) < 4.78 is 5.34. The number of carbonyl (C=O) groups is 1. The predicted octanol–water partition coefficient (Wildman–Crippen LogP) is 2.98. The Morgan fingerprint density at radius 3 is 2.90 bits per heavy atom. The second-order valence-corrected chi connectivity index (χ2v) is 5.64. The molecule has 2 rings (SSSR count). The third-order valence-electron chi connectivity index (χ3n) is 3.85. The van der Waals surface area contributed by atoms with Crippen molar-refractivity contribution in [2.75, 3.05) is 27.2 Å². The first kappa shape index (κ1) is 14.7. The molecule has 1 aromatic rings. The largest absolute Gasteiger partial charge is 0.496 e. The normalized spacial score (nSPS) is 18.8. The number of likely N-dealkylation sites (tertiary alicyclic amines) is 1. The minimum atomic E-state index is 0.113. The van der Waals surface area contributed by atoms with Gasteiger partial charge in [0.2, 0.25) is 0 Å². The fourth-order valence-electron chi connectivity index (χ4n) is 2.76. The van der Waals surface area contributed by atoms with E-state index in [0.29, 0.717) is 12.5 Å². The fraction of sp³-hybridized carbons (Fsp3) is 0.562. The Kier molecular flexibility index (Phi) is 4.88. The quantitative estimate of drug-likeness (QED) is 0.850. The van der Waals surface area contributed by atoms with Crippen LogP contribution < -0.4 is 4.74 Å². The van der Waals surface area contributed by atoms with E-state index in [-0.39, 0.29) is 6.03 Å². The number of hydrogen-bond acceptors (Lipinski definition) is 2. The van der Waals surface area contributed by atoms with Gasteiger partial charge in [0.15, 0.2) is 0 Å². The number of amides is 2. The van der Waals surface area contributed by atoms with Gasteiger partial charge in [-0.3, -0.25) is 0 Å². The van der Waals surface area contributed by atoms with Crippen molar-refractivity contribution in [2.45, 2.75) is 26.3 Å². The van der Waals surface area contributed by atoms with Gasteiger partial charge in [0, 0.05) is 25.7 Å². The van der Waals surface area contributed by atoms with Crippen LogP contribution in [-0.4, -0.2) is 43.1 Å². The number of rotatable bonds is 3. The first-order valence-corrected chi connectivity index (χ1v) is 7.23. The second kappa shape index (κ2) is 6.64. The Morgan fingerprint density at radius 2 is 2.20 bits per heavy atom. The van der Waals surface area contributed by atoms with E-state index >= 15 is 0 Å². The van der Waals surface area contributed by atoms with Crippen molar-refractivity contribution in [1.29, 1.82) is 0 Å². The number of carbonyl (C=O) groups excluding carboxylic acids is 1. The van der Waals surface area contributed by atoms with Crippen LogP contribution in [0.4, 0.5) is 4.79 Å². The molecule has 1 atom stereocenters. The molecule has 1 fully saturated rings. The summed E-state index contributed by atoms with van der Waals surface area (Å²) in [4.78, 5) is 16.2. The third-order valence-corrected chi connectivity index (χ3v) is 3.85. The molecule has 4 nitrogen and oxygen atoms in total. The SMILES string of the molecule is COc1ccccc1CN(C)C(=O)N1CCCC(C)C1. The molecule has 1 saturated heterocycles. The minimum absolute atomic E-state index is 0.113. The van der Waals surface area contributed by atoms with Crippen molar-refractivity contribution >= 4 is 6.03 Å². The summed E-state index contributed by atoms with van der Waals surface area (Å²) in [6, 6.07) is 7.95. The highest BCUT2D eigenvalue weighted by Gasteiger charge is 2.23. The van der Waals surface area contributed by atoms with E-state index in [1.165, 1.54) is 6.42 Å². The van der Waals surface area contributed by atoms with Gasteiger partial charge in [-0.15, -0.1) is 0 Å². The molecule has 1 unspecified atom stereocenters. The van der Waals surface area contributed by atoms with Gasteiger partial charge in [0.1, 0.15) is 5.75 Å². The van der Waals surface area contributed by atoms with Crippen LogP contribution in [0, 0.1) is 5.92 Å². The molecule has 110 valence electrons. The Morgan fingerprint density at radius 1 is 1.45 bits per heavy atom. The molecule has 1 aromatic carbocycles. The van der Waals surface area contributed by atoms with E-state index in [2.05, 4.69) is 6.92 Å². The average Bonchev–Trinajstić information content (AvgIpc) is 2.47. The minimum Gasteiger partial charge on any atom is -0.496 e. The molecule has 0 N–H and O–H groups in total. The van der Waals surface area contributed by atoms with Gasteiger partial charge in [-0.05, 0) is 24.8 Å². The number of ether oxygens (including phenoxy) is 1. The Balaban J connectivity index is 2.00. The first-order valence-electron chi connectivity index (χ1n) is 7.23. The second-order valence-electron chi connectivity index (χ2n) is 5.64. The molecule has 0 aromatic heterocycles. The maximum atomic E-state index is 12.5. The van der Waals surface area contributed by atoms with Crippen molar-refractivity contribution in [3.63, 3.8) is 0 Å². The lowest BCUT2D eigenvalue weighted by Crippen LogP contribution is -2.45. The highest BCUT2D eigenvalue weighted by Crippen LogP contribution is 2.21. The lowest BCUT2D eigenvalue weighted by atomic mass is 10.0. The molecule has 2 amide bonds. The van der Waals surface area contributed by atoms with Gasteiger partial charge in [0.25, 0.3) is 0 Å². The molecule has 4 heteroatoms. The van der Waals surface area contributed by atoms with Gasteiger partial charge in [0.05, 0.1) is 13.7 Å². The van der Waals surface area contributed by atoms with Crippen LogP contribution in [0.5, 0.6) is 5.75 Å². The fourth-order valence-corrected chi connectivity index (χ4v) is 2.76. The third kappa shape index (κ3) is 3.44. The molecule has 0 saturated carbocycles. The van der Waals surface area contributed by atoms with E-state index in [9.17, 15) is 4.79 Å². The van der Waals surface area contributed by atoms with Crippen molar-refractivity contribution in [3.05, 3.63) is 29.8 Å². The van der Waals surface area contributed by atoms with Crippen LogP contribution in [0.15, 0.2) is 24.3 Å².